The minimum atomic E-state index is 0.216. The van der Waals surface area contributed by atoms with Crippen molar-refractivity contribution >= 4 is 10.9 Å². The first-order valence-electron chi connectivity index (χ1n) is 7.90. The zero-order valence-corrected chi connectivity index (χ0v) is 12.3. The van der Waals surface area contributed by atoms with Crippen molar-refractivity contribution in [3.8, 4) is 0 Å². The number of aromatic nitrogens is 1. The normalized spacial score (nSPS) is 19.0. The summed E-state index contributed by atoms with van der Waals surface area (Å²) in [6, 6.07) is 8.53. The third kappa shape index (κ3) is 2.28. The number of nitrogens with zero attached hydrogens (tertiary/aromatic N) is 2. The van der Waals surface area contributed by atoms with Crippen LogP contribution >= 0.6 is 0 Å². The average Bonchev–Trinajstić information content (AvgIpc) is 2.53. The molecule has 1 N–H and O–H groups in total. The van der Waals surface area contributed by atoms with Gasteiger partial charge < -0.3 is 9.88 Å². The summed E-state index contributed by atoms with van der Waals surface area (Å²) in [4.78, 5) is 15.2. The van der Waals surface area contributed by atoms with Gasteiger partial charge in [0, 0.05) is 44.8 Å². The maximum Gasteiger partial charge on any atom is 0.255 e. The van der Waals surface area contributed by atoms with E-state index in [-0.39, 0.29) is 5.56 Å². The van der Waals surface area contributed by atoms with Gasteiger partial charge in [-0.25, -0.2) is 0 Å². The topological polar surface area (TPSA) is 37.3 Å². The molecule has 0 unspecified atom stereocenters. The zero-order chi connectivity index (χ0) is 14.2. The van der Waals surface area contributed by atoms with Crippen LogP contribution in [0.1, 0.15) is 17.5 Å². The van der Waals surface area contributed by atoms with E-state index in [0.29, 0.717) is 0 Å². The first-order chi connectivity index (χ1) is 10.3. The van der Waals surface area contributed by atoms with Gasteiger partial charge in [-0.2, -0.15) is 0 Å². The molecule has 0 amide bonds. The molecule has 2 aliphatic rings. The van der Waals surface area contributed by atoms with E-state index < -0.39 is 0 Å². The predicted octanol–water partition coefficient (Wildman–Crippen LogP) is 1.35. The van der Waals surface area contributed by atoms with Gasteiger partial charge in [0.25, 0.3) is 5.56 Å². The third-order valence-electron chi connectivity index (χ3n) is 4.70. The zero-order valence-electron chi connectivity index (χ0n) is 12.3. The van der Waals surface area contributed by atoms with E-state index >= 15 is 0 Å². The van der Waals surface area contributed by atoms with Crippen molar-refractivity contribution in [3.05, 3.63) is 45.7 Å². The summed E-state index contributed by atoms with van der Waals surface area (Å²) in [7, 11) is 0. The van der Waals surface area contributed by atoms with Crippen LogP contribution in [0.2, 0.25) is 0 Å². The van der Waals surface area contributed by atoms with Crippen molar-refractivity contribution in [2.75, 3.05) is 26.2 Å². The van der Waals surface area contributed by atoms with Gasteiger partial charge in [0.15, 0.2) is 0 Å². The summed E-state index contributed by atoms with van der Waals surface area (Å²) in [6.07, 6.45) is 2.16. The fraction of sp³-hybridized carbons (Fsp3) is 0.471. The smallest absolute Gasteiger partial charge is 0.255 e. The van der Waals surface area contributed by atoms with E-state index in [1.54, 1.807) is 0 Å². The third-order valence-corrected chi connectivity index (χ3v) is 4.70. The first kappa shape index (κ1) is 13.0. The fourth-order valence-corrected chi connectivity index (χ4v) is 3.65. The molecule has 21 heavy (non-hydrogen) atoms. The number of hydrogen-bond donors (Lipinski definition) is 1. The minimum Gasteiger partial charge on any atom is -0.314 e. The highest BCUT2D eigenvalue weighted by Crippen LogP contribution is 2.24. The molecule has 4 nitrogen and oxygen atoms in total. The summed E-state index contributed by atoms with van der Waals surface area (Å²) >= 11 is 0. The van der Waals surface area contributed by atoms with Crippen LogP contribution < -0.4 is 10.9 Å². The van der Waals surface area contributed by atoms with Gasteiger partial charge in [0.05, 0.1) is 5.52 Å². The Balaban J connectivity index is 1.80. The summed E-state index contributed by atoms with van der Waals surface area (Å²) in [5.41, 5.74) is 3.65. The average molecular weight is 283 g/mol. The SMILES string of the molecule is O=c1c(CN2CCNCC2)cc2cccc3c2n1CCC3. The number of pyridine rings is 1. The molecule has 0 atom stereocenters. The largest absolute Gasteiger partial charge is 0.314 e. The number of piperazine rings is 1. The van der Waals surface area contributed by atoms with E-state index in [0.717, 1.165) is 63.2 Å². The lowest BCUT2D eigenvalue weighted by Gasteiger charge is -2.28. The Morgan fingerprint density at radius 1 is 1.14 bits per heavy atom. The van der Waals surface area contributed by atoms with Crippen molar-refractivity contribution in [2.45, 2.75) is 25.9 Å². The molecule has 1 fully saturated rings. The van der Waals surface area contributed by atoms with Crippen LogP contribution in [0.25, 0.3) is 10.9 Å². The number of nitrogens with one attached hydrogen (secondary N) is 1. The van der Waals surface area contributed by atoms with Gasteiger partial charge in [-0.15, -0.1) is 0 Å². The number of hydrogen-bond acceptors (Lipinski definition) is 3. The molecule has 0 spiro atoms. The molecular formula is C17H21N3O. The number of rotatable bonds is 2. The highest BCUT2D eigenvalue weighted by molar-refractivity contribution is 5.83. The fourth-order valence-electron chi connectivity index (χ4n) is 3.65. The van der Waals surface area contributed by atoms with Gasteiger partial charge in [-0.05, 0) is 29.9 Å². The predicted molar refractivity (Wildman–Crippen MR) is 84.7 cm³/mol. The maximum absolute atomic E-state index is 12.8. The summed E-state index contributed by atoms with van der Waals surface area (Å²) in [5, 5.41) is 4.58. The summed E-state index contributed by atoms with van der Waals surface area (Å²) in [5.74, 6) is 0. The van der Waals surface area contributed by atoms with Crippen LogP contribution in [0.15, 0.2) is 29.1 Å². The summed E-state index contributed by atoms with van der Waals surface area (Å²) in [6.45, 7) is 5.73. The molecule has 2 aliphatic heterocycles. The molecule has 110 valence electrons. The Labute approximate surface area is 124 Å². The molecule has 4 heteroatoms. The number of benzene rings is 1. The van der Waals surface area contributed by atoms with E-state index in [4.69, 9.17) is 0 Å². The quantitative estimate of drug-likeness (QED) is 0.904. The second-order valence-electron chi connectivity index (χ2n) is 6.11. The van der Waals surface area contributed by atoms with Crippen LogP contribution in [0.4, 0.5) is 0 Å². The van der Waals surface area contributed by atoms with Crippen molar-refractivity contribution in [1.29, 1.82) is 0 Å². The highest BCUT2D eigenvalue weighted by atomic mass is 16.1. The van der Waals surface area contributed by atoms with E-state index in [1.807, 2.05) is 4.57 Å². The Kier molecular flexibility index (Phi) is 3.28. The molecule has 0 radical (unpaired) electrons. The summed E-state index contributed by atoms with van der Waals surface area (Å²) < 4.78 is 2.01. The van der Waals surface area contributed by atoms with E-state index in [2.05, 4.69) is 34.5 Å². The molecule has 0 aliphatic carbocycles. The Bertz CT molecular complexity index is 729. The molecule has 0 bridgehead atoms. The standard InChI is InChI=1S/C17H21N3O/c21-17-15(12-19-9-6-18-7-10-19)11-14-4-1-3-13-5-2-8-20(17)16(13)14/h1,3-4,11,18H,2,5-10,12H2. The van der Waals surface area contributed by atoms with Crippen LogP contribution in [0.5, 0.6) is 0 Å². The van der Waals surface area contributed by atoms with Crippen LogP contribution in [-0.4, -0.2) is 35.6 Å². The Morgan fingerprint density at radius 3 is 2.86 bits per heavy atom. The molecule has 1 aromatic heterocycles. The number of aryl methyl sites for hydroxylation is 2. The van der Waals surface area contributed by atoms with Crippen molar-refractivity contribution in [2.24, 2.45) is 0 Å². The minimum absolute atomic E-state index is 0.216. The second kappa shape index (κ2) is 5.28. The second-order valence-corrected chi connectivity index (χ2v) is 6.11. The molecule has 0 saturated carbocycles. The van der Waals surface area contributed by atoms with Gasteiger partial charge >= 0.3 is 0 Å². The van der Waals surface area contributed by atoms with Crippen LogP contribution in [0.3, 0.4) is 0 Å². The molecule has 4 rings (SSSR count). The lowest BCUT2D eigenvalue weighted by atomic mass is 10.00. The van der Waals surface area contributed by atoms with Gasteiger partial charge in [0.2, 0.25) is 0 Å². The van der Waals surface area contributed by atoms with Crippen molar-refractivity contribution in [1.82, 2.24) is 14.8 Å². The monoisotopic (exact) mass is 283 g/mol. The highest BCUT2D eigenvalue weighted by Gasteiger charge is 2.18. The van der Waals surface area contributed by atoms with Gasteiger partial charge in [-0.3, -0.25) is 9.69 Å². The molecule has 2 aromatic rings. The first-order valence-corrected chi connectivity index (χ1v) is 7.90. The van der Waals surface area contributed by atoms with Crippen LogP contribution in [-0.2, 0) is 19.5 Å². The Morgan fingerprint density at radius 2 is 2.00 bits per heavy atom. The lowest BCUT2D eigenvalue weighted by molar-refractivity contribution is 0.232. The van der Waals surface area contributed by atoms with Crippen LogP contribution in [0, 0.1) is 0 Å². The lowest BCUT2D eigenvalue weighted by Crippen LogP contribution is -2.44. The van der Waals surface area contributed by atoms with E-state index in [9.17, 15) is 4.79 Å². The molecule has 3 heterocycles. The van der Waals surface area contributed by atoms with Gasteiger partial charge in [-0.1, -0.05) is 18.2 Å². The molecule has 1 saturated heterocycles. The van der Waals surface area contributed by atoms with E-state index in [1.165, 1.54) is 10.9 Å². The Hall–Kier alpha value is -1.65. The number of para-hydroxylation sites is 1. The van der Waals surface area contributed by atoms with Gasteiger partial charge in [0.1, 0.15) is 0 Å². The molecular weight excluding hydrogens is 262 g/mol. The van der Waals surface area contributed by atoms with Crippen molar-refractivity contribution in [3.63, 3.8) is 0 Å². The molecule has 1 aromatic carbocycles. The maximum atomic E-state index is 12.8. The van der Waals surface area contributed by atoms with Crippen molar-refractivity contribution < 1.29 is 0 Å².